The summed E-state index contributed by atoms with van der Waals surface area (Å²) in [4.78, 5) is 0. The van der Waals surface area contributed by atoms with Crippen molar-refractivity contribution in [3.05, 3.63) is 85.0 Å². The van der Waals surface area contributed by atoms with Gasteiger partial charge in [-0.2, -0.15) is 0 Å². The minimum absolute atomic E-state index is 0.161. The zero-order valence-corrected chi connectivity index (χ0v) is 23.5. The molecule has 212 valence electrons. The number of benzene rings is 2. The second-order valence-electron chi connectivity index (χ2n) is 11.1. The van der Waals surface area contributed by atoms with E-state index in [0.29, 0.717) is 63.7 Å². The summed E-state index contributed by atoms with van der Waals surface area (Å²) in [6.07, 6.45) is 6.16. The molecule has 4 unspecified atom stereocenters. The zero-order valence-electron chi connectivity index (χ0n) is 23.5. The van der Waals surface area contributed by atoms with E-state index in [4.69, 9.17) is 28.4 Å². The summed E-state index contributed by atoms with van der Waals surface area (Å²) in [6.45, 7) is 17.2. The Morgan fingerprint density at radius 2 is 1.10 bits per heavy atom. The van der Waals surface area contributed by atoms with E-state index in [2.05, 4.69) is 75.5 Å². The van der Waals surface area contributed by atoms with Gasteiger partial charge in [0.25, 0.3) is 0 Å². The van der Waals surface area contributed by atoms with Crippen LogP contribution in [0.5, 0.6) is 11.5 Å². The Morgan fingerprint density at radius 1 is 0.718 bits per heavy atom. The molecule has 0 amide bonds. The molecular formula is C33H44O6. The summed E-state index contributed by atoms with van der Waals surface area (Å²) < 4.78 is 34.4. The fraction of sp³-hybridized carbons (Fsp3) is 0.515. The lowest BCUT2D eigenvalue weighted by Gasteiger charge is -2.27. The minimum atomic E-state index is -0.161. The third kappa shape index (κ3) is 9.80. The van der Waals surface area contributed by atoms with E-state index in [9.17, 15) is 0 Å². The van der Waals surface area contributed by atoms with E-state index in [1.807, 2.05) is 0 Å². The Balaban J connectivity index is 1.28. The normalized spacial score (nSPS) is 19.6. The van der Waals surface area contributed by atoms with Crippen LogP contribution in [0.2, 0.25) is 0 Å². The van der Waals surface area contributed by atoms with Gasteiger partial charge in [0, 0.05) is 17.3 Å². The Bertz CT molecular complexity index is 926. The highest BCUT2D eigenvalue weighted by molar-refractivity contribution is 5.41. The summed E-state index contributed by atoms with van der Waals surface area (Å²) in [5.41, 5.74) is 2.29. The summed E-state index contributed by atoms with van der Waals surface area (Å²) in [5, 5.41) is 0. The van der Waals surface area contributed by atoms with Crippen LogP contribution < -0.4 is 9.47 Å². The van der Waals surface area contributed by atoms with Gasteiger partial charge in [0.15, 0.2) is 0 Å². The predicted molar refractivity (Wildman–Crippen MR) is 154 cm³/mol. The molecule has 0 spiro atoms. The van der Waals surface area contributed by atoms with Gasteiger partial charge in [-0.25, -0.2) is 0 Å². The van der Waals surface area contributed by atoms with Gasteiger partial charge in [0.1, 0.15) is 11.5 Å². The van der Waals surface area contributed by atoms with Crippen molar-refractivity contribution in [3.63, 3.8) is 0 Å². The SMILES string of the molecule is C=CCOCC(COc1ccc(C(C)(C)c2ccc(OCC(COCC=C)CC3CO3)cc2)cc1)CC1CO1. The highest BCUT2D eigenvalue weighted by Gasteiger charge is 2.28. The van der Waals surface area contributed by atoms with Crippen molar-refractivity contribution >= 4 is 0 Å². The van der Waals surface area contributed by atoms with Gasteiger partial charge in [-0.1, -0.05) is 50.3 Å². The molecule has 2 saturated heterocycles. The molecule has 0 saturated carbocycles. The summed E-state index contributed by atoms with van der Waals surface area (Å²) in [5.74, 6) is 2.33. The van der Waals surface area contributed by atoms with Crippen molar-refractivity contribution in [1.29, 1.82) is 0 Å². The van der Waals surface area contributed by atoms with Crippen LogP contribution in [0.1, 0.15) is 37.8 Å². The standard InChI is InChI=1S/C33H44O6/c1-5-15-34-19-25(17-31-23-38-31)21-36-29-11-7-27(8-12-29)33(3,4)28-9-13-30(14-10-28)37-22-26(18-32-24-39-32)20-35-16-6-2/h5-14,25-26,31-32H,1-2,15-24H2,3-4H3. The average Bonchev–Trinajstić information content (AvgIpc) is 3.88. The molecule has 39 heavy (non-hydrogen) atoms. The van der Waals surface area contributed by atoms with E-state index < -0.39 is 0 Å². The minimum Gasteiger partial charge on any atom is -0.493 e. The maximum atomic E-state index is 6.12. The Hall–Kier alpha value is -2.64. The summed E-state index contributed by atoms with van der Waals surface area (Å²) in [7, 11) is 0. The first-order chi connectivity index (χ1) is 19.0. The second kappa shape index (κ2) is 14.7. The van der Waals surface area contributed by atoms with Crippen LogP contribution in [0, 0.1) is 11.8 Å². The van der Waals surface area contributed by atoms with Crippen molar-refractivity contribution < 1.29 is 28.4 Å². The van der Waals surface area contributed by atoms with Gasteiger partial charge in [0.2, 0.25) is 0 Å². The van der Waals surface area contributed by atoms with E-state index in [1.165, 1.54) is 11.1 Å². The largest absolute Gasteiger partial charge is 0.493 e. The van der Waals surface area contributed by atoms with Crippen molar-refractivity contribution in [2.45, 2.75) is 44.3 Å². The van der Waals surface area contributed by atoms with Gasteiger partial charge in [0.05, 0.1) is 65.1 Å². The number of rotatable bonds is 20. The van der Waals surface area contributed by atoms with Gasteiger partial charge >= 0.3 is 0 Å². The van der Waals surface area contributed by atoms with Gasteiger partial charge in [-0.15, -0.1) is 13.2 Å². The Morgan fingerprint density at radius 3 is 1.44 bits per heavy atom. The van der Waals surface area contributed by atoms with Crippen LogP contribution in [0.15, 0.2) is 73.8 Å². The number of hydrogen-bond donors (Lipinski definition) is 0. The van der Waals surface area contributed by atoms with Crippen LogP contribution >= 0.6 is 0 Å². The summed E-state index contributed by atoms with van der Waals surface area (Å²) in [6, 6.07) is 16.8. The third-order valence-corrected chi connectivity index (χ3v) is 7.30. The average molecular weight is 537 g/mol. The van der Waals surface area contributed by atoms with Crippen molar-refractivity contribution in [2.24, 2.45) is 11.8 Å². The molecule has 2 aromatic carbocycles. The van der Waals surface area contributed by atoms with Crippen LogP contribution in [0.25, 0.3) is 0 Å². The monoisotopic (exact) mass is 536 g/mol. The lowest BCUT2D eigenvalue weighted by atomic mass is 9.78. The van der Waals surface area contributed by atoms with Gasteiger partial charge in [-0.3, -0.25) is 0 Å². The van der Waals surface area contributed by atoms with E-state index >= 15 is 0 Å². The fourth-order valence-corrected chi connectivity index (χ4v) is 4.69. The summed E-state index contributed by atoms with van der Waals surface area (Å²) >= 11 is 0. The topological polar surface area (TPSA) is 62.0 Å². The molecule has 2 aliphatic heterocycles. The molecule has 2 fully saturated rings. The molecule has 6 nitrogen and oxygen atoms in total. The van der Waals surface area contributed by atoms with Crippen molar-refractivity contribution in [3.8, 4) is 11.5 Å². The third-order valence-electron chi connectivity index (χ3n) is 7.30. The highest BCUT2D eigenvalue weighted by Crippen LogP contribution is 2.34. The van der Waals surface area contributed by atoms with E-state index in [-0.39, 0.29) is 5.41 Å². The molecule has 2 heterocycles. The molecule has 0 aromatic heterocycles. The molecule has 0 aliphatic carbocycles. The molecule has 0 N–H and O–H groups in total. The van der Waals surface area contributed by atoms with Crippen molar-refractivity contribution in [2.75, 3.05) is 52.9 Å². The zero-order chi connectivity index (χ0) is 27.5. The maximum absolute atomic E-state index is 6.12. The molecule has 4 rings (SSSR count). The second-order valence-corrected chi connectivity index (χ2v) is 11.1. The van der Waals surface area contributed by atoms with Crippen molar-refractivity contribution in [1.82, 2.24) is 0 Å². The van der Waals surface area contributed by atoms with Crippen LogP contribution in [0.4, 0.5) is 0 Å². The highest BCUT2D eigenvalue weighted by atomic mass is 16.6. The molecular weight excluding hydrogens is 492 g/mol. The van der Waals surface area contributed by atoms with Gasteiger partial charge < -0.3 is 28.4 Å². The molecule has 2 aromatic rings. The predicted octanol–water partition coefficient (Wildman–Crippen LogP) is 5.99. The lowest BCUT2D eigenvalue weighted by molar-refractivity contribution is 0.0879. The van der Waals surface area contributed by atoms with Gasteiger partial charge in [-0.05, 0) is 48.2 Å². The molecule has 0 bridgehead atoms. The fourth-order valence-electron chi connectivity index (χ4n) is 4.69. The van der Waals surface area contributed by atoms with Crippen LogP contribution in [-0.4, -0.2) is 65.1 Å². The Labute approximate surface area is 233 Å². The molecule has 4 atom stereocenters. The smallest absolute Gasteiger partial charge is 0.119 e. The van der Waals surface area contributed by atoms with Crippen LogP contribution in [-0.2, 0) is 24.4 Å². The van der Waals surface area contributed by atoms with E-state index in [1.54, 1.807) is 12.2 Å². The number of hydrogen-bond acceptors (Lipinski definition) is 6. The Kier molecular flexibility index (Phi) is 11.0. The quantitative estimate of drug-likeness (QED) is 0.118. The molecule has 0 radical (unpaired) electrons. The first kappa shape index (κ1) is 29.3. The lowest BCUT2D eigenvalue weighted by Crippen LogP contribution is -2.21. The van der Waals surface area contributed by atoms with E-state index in [0.717, 1.165) is 37.6 Å². The maximum Gasteiger partial charge on any atom is 0.119 e. The molecule has 6 heteroatoms. The number of ether oxygens (including phenoxy) is 6. The first-order valence-corrected chi connectivity index (χ1v) is 14.0. The first-order valence-electron chi connectivity index (χ1n) is 14.0. The number of epoxide rings is 2. The van der Waals surface area contributed by atoms with Crippen LogP contribution in [0.3, 0.4) is 0 Å². The molecule has 2 aliphatic rings.